The predicted octanol–water partition coefficient (Wildman–Crippen LogP) is 4.05. The second kappa shape index (κ2) is 13.3. The Labute approximate surface area is 220 Å². The van der Waals surface area contributed by atoms with Crippen molar-refractivity contribution < 1.29 is 28.5 Å². The van der Waals surface area contributed by atoms with Crippen molar-refractivity contribution >= 4 is 34.5 Å². The number of nitrogens with one attached hydrogen (secondary N) is 1. The molecule has 2 aromatic rings. The van der Waals surface area contributed by atoms with Crippen LogP contribution in [-0.4, -0.2) is 86.4 Å². The maximum Gasteiger partial charge on any atom is 0.411 e. The lowest BCUT2D eigenvalue weighted by Crippen LogP contribution is -2.37. The van der Waals surface area contributed by atoms with Crippen molar-refractivity contribution in [1.82, 2.24) is 9.91 Å². The number of amides is 2. The molecule has 11 heteroatoms. The molecule has 4 rings (SSSR count). The van der Waals surface area contributed by atoms with Crippen LogP contribution in [-0.2, 0) is 16.0 Å². The fraction of sp³-hybridized carbons (Fsp3) is 0.423. The van der Waals surface area contributed by atoms with Crippen molar-refractivity contribution in [2.24, 2.45) is 5.10 Å². The largest absolute Gasteiger partial charge is 0.493 e. The Kier molecular flexibility index (Phi) is 9.64. The molecule has 0 aliphatic carbocycles. The molecule has 198 valence electrons. The number of morpholine rings is 1. The highest BCUT2D eigenvalue weighted by Crippen LogP contribution is 2.30. The van der Waals surface area contributed by atoms with E-state index in [1.165, 1.54) is 16.8 Å². The van der Waals surface area contributed by atoms with Gasteiger partial charge in [0.2, 0.25) is 0 Å². The van der Waals surface area contributed by atoms with Crippen molar-refractivity contribution in [3.8, 4) is 11.5 Å². The third-order valence-electron chi connectivity index (χ3n) is 5.99. The number of ether oxygens (including phenoxy) is 4. The van der Waals surface area contributed by atoms with Crippen molar-refractivity contribution in [3.05, 3.63) is 53.6 Å². The lowest BCUT2D eigenvalue weighted by Gasteiger charge is -2.26. The monoisotopic (exact) mass is 528 g/mol. The Balaban J connectivity index is 1.28. The van der Waals surface area contributed by atoms with Crippen LogP contribution in [0.4, 0.5) is 15.3 Å². The molecular formula is C26H32N4O6S. The predicted molar refractivity (Wildman–Crippen MR) is 143 cm³/mol. The van der Waals surface area contributed by atoms with E-state index in [-0.39, 0.29) is 5.24 Å². The highest BCUT2D eigenvalue weighted by Gasteiger charge is 2.23. The molecule has 0 radical (unpaired) electrons. The molecule has 2 amide bonds. The van der Waals surface area contributed by atoms with E-state index in [4.69, 9.17) is 18.9 Å². The number of thioether (sulfide) groups is 1. The smallest absolute Gasteiger partial charge is 0.411 e. The van der Waals surface area contributed by atoms with E-state index in [9.17, 15) is 9.59 Å². The summed E-state index contributed by atoms with van der Waals surface area (Å²) in [4.78, 5) is 26.9. The Morgan fingerprint density at radius 3 is 2.57 bits per heavy atom. The number of methoxy groups -OCH3 is 2. The Bertz CT molecular complexity index is 1100. The molecule has 2 heterocycles. The second-order valence-electron chi connectivity index (χ2n) is 8.49. The number of rotatable bonds is 10. The first-order valence-electron chi connectivity index (χ1n) is 12.1. The van der Waals surface area contributed by atoms with Crippen LogP contribution in [0.1, 0.15) is 17.5 Å². The van der Waals surface area contributed by atoms with E-state index in [2.05, 4.69) is 15.3 Å². The lowest BCUT2D eigenvalue weighted by molar-refractivity contribution is 0.0348. The minimum absolute atomic E-state index is 0.118. The number of hydrazone groups is 1. The molecule has 0 unspecified atom stereocenters. The Hall–Kier alpha value is -3.28. The van der Waals surface area contributed by atoms with Crippen molar-refractivity contribution in [1.29, 1.82) is 0 Å². The van der Waals surface area contributed by atoms with Gasteiger partial charge in [0.05, 0.1) is 46.3 Å². The molecule has 0 aromatic heterocycles. The molecule has 0 saturated carbocycles. The summed E-state index contributed by atoms with van der Waals surface area (Å²) >= 11 is 1.20. The van der Waals surface area contributed by atoms with E-state index in [0.717, 1.165) is 56.1 Å². The quantitative estimate of drug-likeness (QED) is 0.461. The van der Waals surface area contributed by atoms with Crippen LogP contribution >= 0.6 is 11.8 Å². The zero-order chi connectivity index (χ0) is 26.0. The average molecular weight is 529 g/mol. The molecule has 1 fully saturated rings. The van der Waals surface area contributed by atoms with Gasteiger partial charge in [0.25, 0.3) is 0 Å². The van der Waals surface area contributed by atoms with Crippen LogP contribution in [0.3, 0.4) is 0 Å². The highest BCUT2D eigenvalue weighted by atomic mass is 32.2. The van der Waals surface area contributed by atoms with Crippen LogP contribution < -0.4 is 14.8 Å². The van der Waals surface area contributed by atoms with Gasteiger partial charge in [-0.3, -0.25) is 15.0 Å². The zero-order valence-corrected chi connectivity index (χ0v) is 21.9. The van der Waals surface area contributed by atoms with E-state index in [0.29, 0.717) is 36.1 Å². The van der Waals surface area contributed by atoms with Crippen LogP contribution in [0.2, 0.25) is 0 Å². The summed E-state index contributed by atoms with van der Waals surface area (Å²) in [6, 6.07) is 12.8. The molecule has 0 spiro atoms. The van der Waals surface area contributed by atoms with E-state index < -0.39 is 6.09 Å². The highest BCUT2D eigenvalue weighted by molar-refractivity contribution is 8.14. The first-order chi connectivity index (χ1) is 18.1. The van der Waals surface area contributed by atoms with Crippen LogP contribution in [0.15, 0.2) is 47.6 Å². The van der Waals surface area contributed by atoms with E-state index in [1.807, 2.05) is 30.3 Å². The summed E-state index contributed by atoms with van der Waals surface area (Å²) in [5.41, 5.74) is 3.15. The van der Waals surface area contributed by atoms with Crippen molar-refractivity contribution in [2.45, 2.75) is 13.0 Å². The molecule has 1 saturated heterocycles. The number of carbonyl (C=O) groups is 2. The van der Waals surface area contributed by atoms with Gasteiger partial charge in [-0.1, -0.05) is 23.9 Å². The number of carbonyl (C=O) groups excluding carboxylic acids is 2. The van der Waals surface area contributed by atoms with Gasteiger partial charge in [-0.2, -0.15) is 5.10 Å². The second-order valence-corrected chi connectivity index (χ2v) is 9.42. The summed E-state index contributed by atoms with van der Waals surface area (Å²) in [7, 11) is 3.17. The van der Waals surface area contributed by atoms with Crippen LogP contribution in [0.25, 0.3) is 0 Å². The molecule has 2 aliphatic heterocycles. The third kappa shape index (κ3) is 7.61. The molecule has 2 aromatic carbocycles. The minimum atomic E-state index is -0.485. The van der Waals surface area contributed by atoms with Gasteiger partial charge in [-0.15, -0.1) is 0 Å². The SMILES string of the molecule is COc1ccc(C2=NN(Cc3ccc(NC(=O)OCCCN4CCOCC4)cc3)C(=O)SC2)cc1OC. The standard InChI is InChI=1S/C26H32N4O6S/c1-33-23-9-6-20(16-24(23)34-2)22-18-37-26(32)30(28-22)17-19-4-7-21(8-5-19)27-25(31)36-13-3-10-29-11-14-35-15-12-29/h4-9,16H,3,10-15,17-18H2,1-2H3,(H,27,31). The van der Waals surface area contributed by atoms with Gasteiger partial charge in [-0.05, 0) is 42.3 Å². The van der Waals surface area contributed by atoms with Gasteiger partial charge in [0.15, 0.2) is 11.5 Å². The summed E-state index contributed by atoms with van der Waals surface area (Å²) in [6.45, 7) is 4.91. The van der Waals surface area contributed by atoms with Gasteiger partial charge in [-0.25, -0.2) is 9.80 Å². The number of nitrogens with zero attached hydrogens (tertiary/aromatic N) is 3. The molecule has 0 atom stereocenters. The third-order valence-corrected chi connectivity index (χ3v) is 6.86. The first kappa shape index (κ1) is 26.8. The summed E-state index contributed by atoms with van der Waals surface area (Å²) in [5.74, 6) is 1.71. The Morgan fingerprint density at radius 2 is 1.84 bits per heavy atom. The summed E-state index contributed by atoms with van der Waals surface area (Å²) in [6.07, 6.45) is 0.293. The van der Waals surface area contributed by atoms with Gasteiger partial charge >= 0.3 is 11.3 Å². The number of benzene rings is 2. The molecule has 2 aliphatic rings. The zero-order valence-electron chi connectivity index (χ0n) is 21.1. The fourth-order valence-corrected chi connectivity index (χ4v) is 4.71. The summed E-state index contributed by atoms with van der Waals surface area (Å²) in [5, 5.41) is 8.66. The molecule has 37 heavy (non-hydrogen) atoms. The number of anilines is 1. The van der Waals surface area contributed by atoms with E-state index in [1.54, 1.807) is 26.4 Å². The maximum atomic E-state index is 12.5. The van der Waals surface area contributed by atoms with Crippen molar-refractivity contribution in [3.63, 3.8) is 0 Å². The molecule has 1 N–H and O–H groups in total. The lowest BCUT2D eigenvalue weighted by atomic mass is 10.1. The minimum Gasteiger partial charge on any atom is -0.493 e. The number of hydrogen-bond donors (Lipinski definition) is 1. The molecular weight excluding hydrogens is 496 g/mol. The maximum absolute atomic E-state index is 12.5. The summed E-state index contributed by atoms with van der Waals surface area (Å²) < 4.78 is 21.3. The Morgan fingerprint density at radius 1 is 1.08 bits per heavy atom. The van der Waals surface area contributed by atoms with Gasteiger partial charge in [0, 0.05) is 36.6 Å². The van der Waals surface area contributed by atoms with Crippen LogP contribution in [0.5, 0.6) is 11.5 Å². The normalized spacial score (nSPS) is 16.2. The van der Waals surface area contributed by atoms with Crippen LogP contribution in [0, 0.1) is 0 Å². The topological polar surface area (TPSA) is 102 Å². The molecule has 0 bridgehead atoms. The average Bonchev–Trinajstić information content (AvgIpc) is 2.93. The first-order valence-corrected chi connectivity index (χ1v) is 13.1. The van der Waals surface area contributed by atoms with Gasteiger partial charge in [0.1, 0.15) is 0 Å². The van der Waals surface area contributed by atoms with Gasteiger partial charge < -0.3 is 18.9 Å². The number of hydrogen-bond acceptors (Lipinski definition) is 9. The van der Waals surface area contributed by atoms with Crippen molar-refractivity contribution in [2.75, 3.05) is 64.7 Å². The fourth-order valence-electron chi connectivity index (χ4n) is 3.97. The van der Waals surface area contributed by atoms with E-state index >= 15 is 0 Å². The molecule has 10 nitrogen and oxygen atoms in total.